The smallest absolute Gasteiger partial charge is 0.275 e. The molecule has 1 amide bonds. The Labute approximate surface area is 231 Å². The van der Waals surface area contributed by atoms with E-state index < -0.39 is 12.0 Å². The summed E-state index contributed by atoms with van der Waals surface area (Å²) in [6.45, 7) is 1.69. The van der Waals surface area contributed by atoms with E-state index in [1.54, 1.807) is 24.3 Å². The number of halogens is 1. The van der Waals surface area contributed by atoms with E-state index >= 15 is 0 Å². The summed E-state index contributed by atoms with van der Waals surface area (Å²) in [4.78, 5) is 12.9. The van der Waals surface area contributed by atoms with Gasteiger partial charge < -0.3 is 20.3 Å². The van der Waals surface area contributed by atoms with Crippen LogP contribution in [0.15, 0.2) is 66.7 Å². The second-order valence-electron chi connectivity index (χ2n) is 9.59. The monoisotopic (exact) mass is 541 g/mol. The number of aromatic hydroxyl groups is 1. The van der Waals surface area contributed by atoms with Gasteiger partial charge in [-0.2, -0.15) is 0 Å². The normalized spacial score (nSPS) is 14.4. The molecule has 39 heavy (non-hydrogen) atoms. The number of nitrogens with one attached hydrogen (secondary N) is 1. The number of ether oxygens (including phenoxy) is 1. The molecule has 1 unspecified atom stereocenters. The summed E-state index contributed by atoms with van der Waals surface area (Å²) >= 11 is 5.94. The lowest BCUT2D eigenvalue weighted by Gasteiger charge is -2.22. The van der Waals surface area contributed by atoms with Gasteiger partial charge in [-0.1, -0.05) is 65.9 Å². The number of hydrogen-bond donors (Lipinski definition) is 3. The van der Waals surface area contributed by atoms with Gasteiger partial charge in [0.25, 0.3) is 5.91 Å². The highest BCUT2D eigenvalue weighted by atomic mass is 35.5. The highest BCUT2D eigenvalue weighted by molar-refractivity contribution is 6.30. The van der Waals surface area contributed by atoms with Crippen LogP contribution >= 0.6 is 11.6 Å². The van der Waals surface area contributed by atoms with Crippen molar-refractivity contribution in [3.05, 3.63) is 99.7 Å². The highest BCUT2D eigenvalue weighted by Gasteiger charge is 2.21. The van der Waals surface area contributed by atoms with Crippen LogP contribution in [0, 0.1) is 17.8 Å². The quantitative estimate of drug-likeness (QED) is 0.298. The molecule has 1 atom stereocenters. The Kier molecular flexibility index (Phi) is 8.38. The Hall–Kier alpha value is -3.96. The van der Waals surface area contributed by atoms with Crippen LogP contribution in [0.3, 0.4) is 0 Å². The average molecular weight is 542 g/mol. The van der Waals surface area contributed by atoms with Crippen molar-refractivity contribution in [3.8, 4) is 17.6 Å². The zero-order chi connectivity index (χ0) is 27.2. The molecule has 3 N–H and O–H groups in total. The summed E-state index contributed by atoms with van der Waals surface area (Å²) < 4.78 is 5.50. The fraction of sp³-hybridized carbons (Fsp3) is 0.258. The van der Waals surface area contributed by atoms with Gasteiger partial charge in [0.1, 0.15) is 11.6 Å². The van der Waals surface area contributed by atoms with Gasteiger partial charge in [0, 0.05) is 30.2 Å². The maximum Gasteiger partial charge on any atom is 0.275 e. The Morgan fingerprint density at radius 1 is 1.05 bits per heavy atom. The molecule has 5 rings (SSSR count). The summed E-state index contributed by atoms with van der Waals surface area (Å²) in [7, 11) is 0. The second-order valence-corrected chi connectivity index (χ2v) is 10.0. The molecule has 198 valence electrons. The van der Waals surface area contributed by atoms with Crippen LogP contribution in [0.5, 0.6) is 5.75 Å². The van der Waals surface area contributed by atoms with Crippen LogP contribution < -0.4 is 5.32 Å². The van der Waals surface area contributed by atoms with Crippen molar-refractivity contribution in [2.75, 3.05) is 13.2 Å². The molecule has 4 aromatic rings. The number of amides is 1. The number of fused-ring (bicyclic) bond motifs is 1. The van der Waals surface area contributed by atoms with Gasteiger partial charge in [-0.15, -0.1) is 10.2 Å². The first-order valence-electron chi connectivity index (χ1n) is 12.8. The van der Waals surface area contributed by atoms with Crippen LogP contribution in [0.1, 0.15) is 51.7 Å². The van der Waals surface area contributed by atoms with E-state index in [-0.39, 0.29) is 18.0 Å². The maximum absolute atomic E-state index is 12.9. The molecule has 1 aliphatic heterocycles. The third-order valence-electron chi connectivity index (χ3n) is 6.80. The number of carbonyl (C=O) groups is 1. The van der Waals surface area contributed by atoms with Crippen LogP contribution in [0.4, 0.5) is 0 Å². The number of benzene rings is 3. The second kappa shape index (κ2) is 12.3. The molecule has 0 spiro atoms. The molecule has 3 aromatic carbocycles. The molecular weight excluding hydrogens is 514 g/mol. The third-order valence-corrected chi connectivity index (χ3v) is 7.06. The summed E-state index contributed by atoms with van der Waals surface area (Å²) in [5.41, 5.74) is 3.23. The van der Waals surface area contributed by atoms with Gasteiger partial charge >= 0.3 is 0 Å². The van der Waals surface area contributed by atoms with Crippen molar-refractivity contribution < 1.29 is 19.7 Å². The van der Waals surface area contributed by atoms with Crippen molar-refractivity contribution >= 4 is 28.4 Å². The molecule has 0 aliphatic carbocycles. The predicted molar refractivity (Wildman–Crippen MR) is 149 cm³/mol. The number of hydrogen-bond acceptors (Lipinski definition) is 6. The van der Waals surface area contributed by atoms with E-state index in [9.17, 15) is 15.0 Å². The average Bonchev–Trinajstić information content (AvgIpc) is 2.97. The summed E-state index contributed by atoms with van der Waals surface area (Å²) in [6.07, 6.45) is 1.68. The van der Waals surface area contributed by atoms with Gasteiger partial charge in [0.15, 0.2) is 11.4 Å². The number of aliphatic hydroxyl groups is 1. The first kappa shape index (κ1) is 26.6. The molecule has 0 bridgehead atoms. The van der Waals surface area contributed by atoms with Gasteiger partial charge in [-0.25, -0.2) is 0 Å². The van der Waals surface area contributed by atoms with Crippen LogP contribution in [-0.2, 0) is 17.7 Å². The van der Waals surface area contributed by atoms with E-state index in [0.29, 0.717) is 33.0 Å². The maximum atomic E-state index is 12.9. The minimum absolute atomic E-state index is 0.164. The SMILES string of the molecule is O=C(NCc1ccc(Cl)cc1)c1nnc2c(C#CC(O)c3ccccc3)cc(CC3CCOCC3)cc2c1O. The van der Waals surface area contributed by atoms with Gasteiger partial charge in [-0.3, -0.25) is 4.79 Å². The number of nitrogens with zero attached hydrogens (tertiary/aromatic N) is 2. The predicted octanol–water partition coefficient (Wildman–Crippen LogP) is 4.97. The van der Waals surface area contributed by atoms with Gasteiger partial charge in [-0.05, 0) is 66.1 Å². The first-order chi connectivity index (χ1) is 19.0. The van der Waals surface area contributed by atoms with E-state index in [0.717, 1.165) is 43.6 Å². The van der Waals surface area contributed by atoms with Crippen molar-refractivity contribution in [2.24, 2.45) is 5.92 Å². The Morgan fingerprint density at radius 3 is 2.54 bits per heavy atom. The molecule has 1 aromatic heterocycles. The lowest BCUT2D eigenvalue weighted by Crippen LogP contribution is -2.24. The lowest BCUT2D eigenvalue weighted by molar-refractivity contribution is 0.0665. The fourth-order valence-corrected chi connectivity index (χ4v) is 4.77. The molecule has 0 saturated carbocycles. The van der Waals surface area contributed by atoms with Gasteiger partial charge in [0.2, 0.25) is 0 Å². The number of aromatic nitrogens is 2. The zero-order valence-corrected chi connectivity index (χ0v) is 22.0. The molecule has 7 nitrogen and oxygen atoms in total. The zero-order valence-electron chi connectivity index (χ0n) is 21.2. The van der Waals surface area contributed by atoms with Crippen LogP contribution in [-0.4, -0.2) is 39.5 Å². The van der Waals surface area contributed by atoms with Crippen molar-refractivity contribution in [1.82, 2.24) is 15.5 Å². The Balaban J connectivity index is 1.48. The van der Waals surface area contributed by atoms with Crippen molar-refractivity contribution in [2.45, 2.75) is 31.9 Å². The van der Waals surface area contributed by atoms with E-state index in [2.05, 4.69) is 27.4 Å². The van der Waals surface area contributed by atoms with Crippen LogP contribution in [0.2, 0.25) is 5.02 Å². The molecular formula is C31H28ClN3O4. The minimum atomic E-state index is -0.986. The molecule has 1 fully saturated rings. The summed E-state index contributed by atoms with van der Waals surface area (Å²) in [5, 5.41) is 33.8. The fourth-order valence-electron chi connectivity index (χ4n) is 4.64. The highest BCUT2D eigenvalue weighted by Crippen LogP contribution is 2.31. The number of carbonyl (C=O) groups excluding carboxylic acids is 1. The molecule has 1 saturated heterocycles. The molecule has 8 heteroatoms. The Bertz CT molecular complexity index is 1530. The van der Waals surface area contributed by atoms with Crippen molar-refractivity contribution in [1.29, 1.82) is 0 Å². The summed E-state index contributed by atoms with van der Waals surface area (Å²) in [6, 6.07) is 20.1. The molecule has 0 radical (unpaired) electrons. The minimum Gasteiger partial charge on any atom is -0.505 e. The summed E-state index contributed by atoms with van der Waals surface area (Å²) in [5.74, 6) is 5.56. The molecule has 2 heterocycles. The Morgan fingerprint density at radius 2 is 1.79 bits per heavy atom. The van der Waals surface area contributed by atoms with Gasteiger partial charge in [0.05, 0.1) is 5.56 Å². The van der Waals surface area contributed by atoms with E-state index in [4.69, 9.17) is 16.3 Å². The van der Waals surface area contributed by atoms with Crippen LogP contribution in [0.25, 0.3) is 10.9 Å². The third kappa shape index (κ3) is 6.55. The number of aliphatic hydroxyl groups excluding tert-OH is 1. The largest absolute Gasteiger partial charge is 0.505 e. The van der Waals surface area contributed by atoms with E-state index in [1.807, 2.05) is 42.5 Å². The standard InChI is InChI=1S/C31H28ClN3O4/c32-25-9-6-21(7-10-25)19-33-31(38)29-30(37)26-18-22(16-20-12-14-39-15-13-20)17-24(28(26)34-35-29)8-11-27(36)23-4-2-1-3-5-23/h1-7,9-10,17-18,20,27,36H,12-16,19H2,(H,33,38)(H,34,37). The number of rotatable bonds is 6. The molecule has 1 aliphatic rings. The first-order valence-corrected chi connectivity index (χ1v) is 13.2. The van der Waals surface area contributed by atoms with E-state index in [1.165, 1.54) is 0 Å². The lowest BCUT2D eigenvalue weighted by atomic mass is 9.90. The van der Waals surface area contributed by atoms with Crippen molar-refractivity contribution in [3.63, 3.8) is 0 Å². The topological polar surface area (TPSA) is 105 Å².